The molecule has 0 radical (unpaired) electrons. The molecule has 0 saturated carbocycles. The molecule has 0 aliphatic heterocycles. The van der Waals surface area contributed by atoms with Gasteiger partial charge in [-0.2, -0.15) is 5.10 Å². The van der Waals surface area contributed by atoms with Crippen molar-refractivity contribution < 1.29 is 4.42 Å². The number of H-pyrrole nitrogens is 1. The molecule has 0 unspecified atom stereocenters. The molecule has 0 fully saturated rings. The lowest BCUT2D eigenvalue weighted by Crippen LogP contribution is -2.10. The smallest absolute Gasteiger partial charge is 0.216 e. The second kappa shape index (κ2) is 7.00. The van der Waals surface area contributed by atoms with Crippen LogP contribution in [-0.2, 0) is 12.8 Å². The van der Waals surface area contributed by atoms with Gasteiger partial charge in [-0.05, 0) is 37.1 Å². The predicted molar refractivity (Wildman–Crippen MR) is 102 cm³/mol. The molecule has 3 aromatic heterocycles. The Labute approximate surface area is 151 Å². The summed E-state index contributed by atoms with van der Waals surface area (Å²) in [7, 11) is 0. The minimum absolute atomic E-state index is 0.587. The quantitative estimate of drug-likeness (QED) is 0.548. The molecule has 0 aliphatic rings. The van der Waals surface area contributed by atoms with E-state index in [4.69, 9.17) is 9.40 Å². The Balaban J connectivity index is 1.53. The van der Waals surface area contributed by atoms with Crippen molar-refractivity contribution in [1.82, 2.24) is 20.2 Å². The van der Waals surface area contributed by atoms with Crippen LogP contribution in [0, 0.1) is 6.92 Å². The fourth-order valence-electron chi connectivity index (χ4n) is 3.24. The van der Waals surface area contributed by atoms with Crippen molar-refractivity contribution in [3.8, 4) is 11.6 Å². The number of benzene rings is 1. The lowest BCUT2D eigenvalue weighted by Gasteiger charge is -2.16. The maximum atomic E-state index is 5.33. The van der Waals surface area contributed by atoms with Gasteiger partial charge in [-0.15, -0.1) is 0 Å². The molecule has 6 heteroatoms. The highest BCUT2D eigenvalue weighted by molar-refractivity contribution is 5.93. The van der Waals surface area contributed by atoms with Crippen LogP contribution in [0.15, 0.2) is 47.1 Å². The number of hydrogen-bond acceptors (Lipinski definition) is 5. The first kappa shape index (κ1) is 16.3. The second-order valence-electron chi connectivity index (χ2n) is 6.18. The summed E-state index contributed by atoms with van der Waals surface area (Å²) in [6.07, 6.45) is 3.31. The molecule has 6 nitrogen and oxygen atoms in total. The van der Waals surface area contributed by atoms with Gasteiger partial charge in [0.1, 0.15) is 5.82 Å². The molecular formula is C20H21N5O. The lowest BCUT2D eigenvalue weighted by atomic mass is 10.0. The zero-order valence-corrected chi connectivity index (χ0v) is 14.9. The van der Waals surface area contributed by atoms with Crippen molar-refractivity contribution in [3.63, 3.8) is 0 Å². The van der Waals surface area contributed by atoms with Gasteiger partial charge in [0.05, 0.1) is 11.8 Å². The molecule has 3 heterocycles. The molecule has 1 aromatic carbocycles. The zero-order chi connectivity index (χ0) is 17.9. The van der Waals surface area contributed by atoms with Gasteiger partial charge < -0.3 is 9.73 Å². The highest BCUT2D eigenvalue weighted by Gasteiger charge is 2.12. The number of para-hydroxylation sites is 1. The van der Waals surface area contributed by atoms with Crippen LogP contribution in [-0.4, -0.2) is 26.7 Å². The van der Waals surface area contributed by atoms with Gasteiger partial charge >= 0.3 is 0 Å². The third-order valence-electron chi connectivity index (χ3n) is 4.49. The van der Waals surface area contributed by atoms with Crippen LogP contribution in [0.25, 0.3) is 22.5 Å². The van der Waals surface area contributed by atoms with Crippen LogP contribution < -0.4 is 5.32 Å². The number of nitrogens with one attached hydrogen (secondary N) is 2. The molecule has 0 amide bonds. The SMILES string of the molecule is CCc1c(C)nc2ccccc2c1NCCc1nc(-c2ccco2)n[nH]1. The van der Waals surface area contributed by atoms with E-state index in [9.17, 15) is 0 Å². The van der Waals surface area contributed by atoms with Crippen molar-refractivity contribution >= 4 is 16.6 Å². The summed E-state index contributed by atoms with van der Waals surface area (Å²) < 4.78 is 5.33. The second-order valence-corrected chi connectivity index (χ2v) is 6.18. The number of pyridine rings is 1. The lowest BCUT2D eigenvalue weighted by molar-refractivity contribution is 0.577. The molecule has 0 spiro atoms. The summed E-state index contributed by atoms with van der Waals surface area (Å²) >= 11 is 0. The van der Waals surface area contributed by atoms with Crippen LogP contribution >= 0.6 is 0 Å². The molecule has 0 aliphatic carbocycles. The van der Waals surface area contributed by atoms with E-state index in [0.717, 1.165) is 41.8 Å². The topological polar surface area (TPSA) is 79.6 Å². The fraction of sp³-hybridized carbons (Fsp3) is 0.250. The Kier molecular flexibility index (Phi) is 4.39. The van der Waals surface area contributed by atoms with E-state index in [2.05, 4.69) is 52.5 Å². The molecule has 26 heavy (non-hydrogen) atoms. The number of hydrogen-bond donors (Lipinski definition) is 2. The summed E-state index contributed by atoms with van der Waals surface area (Å²) in [6, 6.07) is 11.9. The number of aromatic nitrogens is 4. The standard InChI is InChI=1S/C20H21N5O/c1-3-14-13(2)22-16-8-5-4-7-15(16)19(14)21-11-10-18-23-20(25-24-18)17-9-6-12-26-17/h4-9,12H,3,10-11H2,1-2H3,(H,21,22)(H,23,24,25). The van der Waals surface area contributed by atoms with Gasteiger partial charge in [-0.3, -0.25) is 10.1 Å². The zero-order valence-electron chi connectivity index (χ0n) is 14.9. The molecule has 0 saturated heterocycles. The van der Waals surface area contributed by atoms with E-state index >= 15 is 0 Å². The normalized spacial score (nSPS) is 11.2. The molecule has 0 atom stereocenters. The minimum Gasteiger partial charge on any atom is -0.461 e. The molecule has 0 bridgehead atoms. The van der Waals surface area contributed by atoms with Gasteiger partial charge in [0, 0.05) is 29.7 Å². The Bertz CT molecular complexity index is 1020. The monoisotopic (exact) mass is 347 g/mol. The van der Waals surface area contributed by atoms with E-state index in [-0.39, 0.29) is 0 Å². The number of aryl methyl sites for hydroxylation is 1. The van der Waals surface area contributed by atoms with E-state index in [1.54, 1.807) is 6.26 Å². The summed E-state index contributed by atoms with van der Waals surface area (Å²) in [6.45, 7) is 4.99. The summed E-state index contributed by atoms with van der Waals surface area (Å²) in [4.78, 5) is 9.22. The van der Waals surface area contributed by atoms with Gasteiger partial charge in [-0.25, -0.2) is 4.98 Å². The van der Waals surface area contributed by atoms with Gasteiger partial charge in [0.2, 0.25) is 5.82 Å². The van der Waals surface area contributed by atoms with Gasteiger partial charge in [0.25, 0.3) is 0 Å². The summed E-state index contributed by atoms with van der Waals surface area (Å²) in [5, 5.41) is 11.9. The first-order valence-electron chi connectivity index (χ1n) is 8.83. The largest absolute Gasteiger partial charge is 0.461 e. The minimum atomic E-state index is 0.587. The average molecular weight is 347 g/mol. The molecule has 132 valence electrons. The van der Waals surface area contributed by atoms with Crippen molar-refractivity contribution in [2.24, 2.45) is 0 Å². The van der Waals surface area contributed by atoms with Gasteiger partial charge in [0.15, 0.2) is 5.76 Å². The third-order valence-corrected chi connectivity index (χ3v) is 4.49. The molecule has 4 rings (SSSR count). The van der Waals surface area contributed by atoms with E-state index in [1.807, 2.05) is 18.2 Å². The number of anilines is 1. The van der Waals surface area contributed by atoms with Crippen LogP contribution in [0.2, 0.25) is 0 Å². The van der Waals surface area contributed by atoms with Crippen LogP contribution in [0.5, 0.6) is 0 Å². The van der Waals surface area contributed by atoms with Crippen molar-refractivity contribution in [2.45, 2.75) is 26.7 Å². The number of furan rings is 1. The van der Waals surface area contributed by atoms with Crippen LogP contribution in [0.1, 0.15) is 24.0 Å². The number of aromatic amines is 1. The Morgan fingerprint density at radius 1 is 1.12 bits per heavy atom. The van der Waals surface area contributed by atoms with Crippen molar-refractivity contribution in [1.29, 1.82) is 0 Å². The van der Waals surface area contributed by atoms with Crippen LogP contribution in [0.4, 0.5) is 5.69 Å². The number of rotatable bonds is 6. The van der Waals surface area contributed by atoms with Gasteiger partial charge in [-0.1, -0.05) is 25.1 Å². The van der Waals surface area contributed by atoms with E-state index < -0.39 is 0 Å². The van der Waals surface area contributed by atoms with Crippen molar-refractivity contribution in [3.05, 3.63) is 59.7 Å². The third kappa shape index (κ3) is 3.06. The summed E-state index contributed by atoms with van der Waals surface area (Å²) in [5.41, 5.74) is 4.52. The first-order chi connectivity index (χ1) is 12.8. The maximum Gasteiger partial charge on any atom is 0.216 e. The van der Waals surface area contributed by atoms with E-state index in [0.29, 0.717) is 11.6 Å². The number of fused-ring (bicyclic) bond motifs is 1. The van der Waals surface area contributed by atoms with Crippen LogP contribution in [0.3, 0.4) is 0 Å². The predicted octanol–water partition coefficient (Wildman–Crippen LogP) is 4.14. The fourth-order valence-corrected chi connectivity index (χ4v) is 3.24. The Hall–Kier alpha value is -3.15. The first-order valence-corrected chi connectivity index (χ1v) is 8.83. The highest BCUT2D eigenvalue weighted by Crippen LogP contribution is 2.28. The molecular weight excluding hydrogens is 326 g/mol. The van der Waals surface area contributed by atoms with E-state index in [1.165, 1.54) is 11.3 Å². The Morgan fingerprint density at radius 3 is 2.81 bits per heavy atom. The molecule has 2 N–H and O–H groups in total. The Morgan fingerprint density at radius 2 is 2.00 bits per heavy atom. The molecule has 4 aromatic rings. The average Bonchev–Trinajstić information content (AvgIpc) is 3.33. The summed E-state index contributed by atoms with van der Waals surface area (Å²) in [5.74, 6) is 2.09. The number of nitrogens with zero attached hydrogens (tertiary/aromatic N) is 3. The maximum absolute atomic E-state index is 5.33. The highest BCUT2D eigenvalue weighted by atomic mass is 16.3. The van der Waals surface area contributed by atoms with Crippen molar-refractivity contribution in [2.75, 3.05) is 11.9 Å².